The number of rotatable bonds is 7. The van der Waals surface area contributed by atoms with E-state index in [1.165, 1.54) is 7.11 Å². The van der Waals surface area contributed by atoms with Crippen LogP contribution in [0.3, 0.4) is 0 Å². The number of nitrogens with zero attached hydrogens (tertiary/aromatic N) is 1. The van der Waals surface area contributed by atoms with E-state index in [1.54, 1.807) is 12.4 Å². The van der Waals surface area contributed by atoms with Crippen LogP contribution in [-0.2, 0) is 16.1 Å². The van der Waals surface area contributed by atoms with Crippen LogP contribution in [0.15, 0.2) is 12.4 Å². The number of aliphatic carboxylic acids is 1. The molecular weight excluding hydrogens is 240 g/mol. The molecule has 100 valence electrons. The highest BCUT2D eigenvalue weighted by atomic mass is 16.5. The number of aromatic amines is 1. The number of ether oxygens (including phenoxy) is 1. The van der Waals surface area contributed by atoms with E-state index in [0.717, 1.165) is 0 Å². The van der Waals surface area contributed by atoms with Gasteiger partial charge in [-0.15, -0.1) is 0 Å². The van der Waals surface area contributed by atoms with Crippen molar-refractivity contribution >= 4 is 12.0 Å². The second-order valence-corrected chi connectivity index (χ2v) is 3.54. The Morgan fingerprint density at radius 2 is 2.39 bits per heavy atom. The van der Waals surface area contributed by atoms with Gasteiger partial charge in [0.05, 0.1) is 6.54 Å². The number of amides is 2. The third-order valence-electron chi connectivity index (χ3n) is 2.19. The zero-order valence-corrected chi connectivity index (χ0v) is 9.97. The molecule has 0 radical (unpaired) electrons. The van der Waals surface area contributed by atoms with Crippen molar-refractivity contribution in [2.75, 3.05) is 13.7 Å². The summed E-state index contributed by atoms with van der Waals surface area (Å²) in [6, 6.07) is -1.53. The topological polar surface area (TPSA) is 116 Å². The van der Waals surface area contributed by atoms with Crippen LogP contribution in [0.1, 0.15) is 12.2 Å². The molecule has 0 aliphatic heterocycles. The summed E-state index contributed by atoms with van der Waals surface area (Å²) in [4.78, 5) is 29.0. The van der Waals surface area contributed by atoms with Crippen LogP contribution in [0.25, 0.3) is 0 Å². The van der Waals surface area contributed by atoms with Crippen molar-refractivity contribution in [1.29, 1.82) is 0 Å². The predicted molar refractivity (Wildman–Crippen MR) is 61.9 cm³/mol. The number of carbonyl (C=O) groups excluding carboxylic acids is 1. The maximum atomic E-state index is 11.4. The molecule has 0 bridgehead atoms. The predicted octanol–water partition coefficient (Wildman–Crippen LogP) is -0.301. The van der Waals surface area contributed by atoms with Gasteiger partial charge in [-0.3, -0.25) is 0 Å². The van der Waals surface area contributed by atoms with Crippen LogP contribution in [0.5, 0.6) is 0 Å². The number of methoxy groups -OCH3 is 1. The standard InChI is InChI=1S/C10H16N4O4/c1-18-5-2-7(9(15)16)14-10(17)13-6-8-11-3-4-12-8/h3-4,7H,2,5-6H2,1H3,(H,11,12)(H,15,16)(H2,13,14,17). The van der Waals surface area contributed by atoms with E-state index in [9.17, 15) is 9.59 Å². The van der Waals surface area contributed by atoms with Gasteiger partial charge < -0.3 is 25.5 Å². The van der Waals surface area contributed by atoms with Gasteiger partial charge in [-0.1, -0.05) is 0 Å². The quantitative estimate of drug-likeness (QED) is 0.534. The average Bonchev–Trinajstić information content (AvgIpc) is 2.84. The molecule has 1 atom stereocenters. The Labute approximate surface area is 104 Å². The van der Waals surface area contributed by atoms with Crippen molar-refractivity contribution in [3.8, 4) is 0 Å². The largest absolute Gasteiger partial charge is 0.480 e. The average molecular weight is 256 g/mol. The second kappa shape index (κ2) is 7.28. The number of hydrogen-bond donors (Lipinski definition) is 4. The molecular formula is C10H16N4O4. The van der Waals surface area contributed by atoms with Crippen LogP contribution in [-0.4, -0.2) is 46.8 Å². The Hall–Kier alpha value is -2.09. The first-order valence-electron chi connectivity index (χ1n) is 5.38. The molecule has 0 saturated carbocycles. The van der Waals surface area contributed by atoms with Gasteiger partial charge in [0.15, 0.2) is 0 Å². The lowest BCUT2D eigenvalue weighted by Gasteiger charge is -2.14. The van der Waals surface area contributed by atoms with Crippen molar-refractivity contribution in [1.82, 2.24) is 20.6 Å². The van der Waals surface area contributed by atoms with E-state index in [-0.39, 0.29) is 19.6 Å². The summed E-state index contributed by atoms with van der Waals surface area (Å²) in [5, 5.41) is 13.7. The van der Waals surface area contributed by atoms with Gasteiger partial charge >= 0.3 is 12.0 Å². The smallest absolute Gasteiger partial charge is 0.326 e. The van der Waals surface area contributed by atoms with Crippen molar-refractivity contribution in [3.05, 3.63) is 18.2 Å². The summed E-state index contributed by atoms with van der Waals surface area (Å²) in [6.45, 7) is 0.463. The molecule has 0 saturated heterocycles. The van der Waals surface area contributed by atoms with E-state index in [1.807, 2.05) is 0 Å². The summed E-state index contributed by atoms with van der Waals surface area (Å²) in [6.07, 6.45) is 3.40. The lowest BCUT2D eigenvalue weighted by atomic mass is 10.2. The van der Waals surface area contributed by atoms with Crippen molar-refractivity contribution in [3.63, 3.8) is 0 Å². The fraction of sp³-hybridized carbons (Fsp3) is 0.500. The van der Waals surface area contributed by atoms with Gasteiger partial charge in [0.1, 0.15) is 11.9 Å². The van der Waals surface area contributed by atoms with Crippen molar-refractivity contribution < 1.29 is 19.4 Å². The van der Waals surface area contributed by atoms with Crippen molar-refractivity contribution in [2.24, 2.45) is 0 Å². The Balaban J connectivity index is 2.34. The maximum absolute atomic E-state index is 11.4. The van der Waals surface area contributed by atoms with E-state index < -0.39 is 18.0 Å². The number of H-pyrrole nitrogens is 1. The molecule has 18 heavy (non-hydrogen) atoms. The van der Waals surface area contributed by atoms with Gasteiger partial charge in [-0.25, -0.2) is 14.6 Å². The Kier molecular flexibility index (Phi) is 5.65. The third-order valence-corrected chi connectivity index (χ3v) is 2.19. The number of carboxylic acid groups (broad SMARTS) is 1. The molecule has 0 spiro atoms. The molecule has 0 aromatic carbocycles. The van der Waals surface area contributed by atoms with Crippen LogP contribution < -0.4 is 10.6 Å². The lowest BCUT2D eigenvalue weighted by molar-refractivity contribution is -0.139. The monoisotopic (exact) mass is 256 g/mol. The fourth-order valence-electron chi connectivity index (χ4n) is 1.26. The molecule has 4 N–H and O–H groups in total. The zero-order valence-electron chi connectivity index (χ0n) is 9.97. The number of nitrogens with one attached hydrogen (secondary N) is 3. The number of carboxylic acids is 1. The molecule has 0 aliphatic rings. The van der Waals surface area contributed by atoms with E-state index in [2.05, 4.69) is 20.6 Å². The van der Waals surface area contributed by atoms with Crippen LogP contribution in [0, 0.1) is 0 Å². The minimum atomic E-state index is -1.10. The Morgan fingerprint density at radius 1 is 1.61 bits per heavy atom. The molecule has 0 aliphatic carbocycles. The lowest BCUT2D eigenvalue weighted by Crippen LogP contribution is -2.46. The molecule has 1 aromatic heterocycles. The summed E-state index contributed by atoms with van der Waals surface area (Å²) in [5.74, 6) is -0.505. The summed E-state index contributed by atoms with van der Waals surface area (Å²) >= 11 is 0. The highest BCUT2D eigenvalue weighted by Gasteiger charge is 2.19. The molecule has 1 unspecified atom stereocenters. The van der Waals surface area contributed by atoms with Gasteiger partial charge in [-0.2, -0.15) is 0 Å². The van der Waals surface area contributed by atoms with E-state index in [4.69, 9.17) is 9.84 Å². The normalized spacial score (nSPS) is 11.8. The van der Waals surface area contributed by atoms with E-state index >= 15 is 0 Å². The first kappa shape index (κ1) is 14.0. The molecule has 1 aromatic rings. The van der Waals surface area contributed by atoms with Gasteiger partial charge in [0.2, 0.25) is 0 Å². The SMILES string of the molecule is COCCC(NC(=O)NCc1ncc[nH]1)C(=O)O. The van der Waals surface area contributed by atoms with Crippen molar-refractivity contribution in [2.45, 2.75) is 19.0 Å². The summed E-state index contributed by atoms with van der Waals surface area (Å²) < 4.78 is 4.77. The fourth-order valence-corrected chi connectivity index (χ4v) is 1.26. The molecule has 8 heteroatoms. The minimum absolute atomic E-state index is 0.204. The highest BCUT2D eigenvalue weighted by Crippen LogP contribution is 1.93. The first-order valence-corrected chi connectivity index (χ1v) is 5.38. The molecule has 0 fully saturated rings. The molecule has 1 heterocycles. The maximum Gasteiger partial charge on any atom is 0.326 e. The molecule has 2 amide bonds. The van der Waals surface area contributed by atoms with Gasteiger partial charge in [0, 0.05) is 32.5 Å². The van der Waals surface area contributed by atoms with Gasteiger partial charge in [-0.05, 0) is 0 Å². The highest BCUT2D eigenvalue weighted by molar-refractivity contribution is 5.82. The van der Waals surface area contributed by atoms with Crippen LogP contribution in [0.4, 0.5) is 4.79 Å². The van der Waals surface area contributed by atoms with Crippen LogP contribution in [0.2, 0.25) is 0 Å². The van der Waals surface area contributed by atoms with Gasteiger partial charge in [0.25, 0.3) is 0 Å². The number of imidazole rings is 1. The number of hydrogen-bond acceptors (Lipinski definition) is 4. The number of urea groups is 1. The number of aromatic nitrogens is 2. The van der Waals surface area contributed by atoms with Crippen LogP contribution >= 0.6 is 0 Å². The Morgan fingerprint density at radius 3 is 2.94 bits per heavy atom. The molecule has 8 nitrogen and oxygen atoms in total. The molecule has 1 rings (SSSR count). The van der Waals surface area contributed by atoms with E-state index in [0.29, 0.717) is 5.82 Å². The third kappa shape index (κ3) is 4.83. The minimum Gasteiger partial charge on any atom is -0.480 e. The summed E-state index contributed by atoms with van der Waals surface area (Å²) in [5.41, 5.74) is 0. The Bertz CT molecular complexity index is 379. The second-order valence-electron chi connectivity index (χ2n) is 3.54. The first-order chi connectivity index (χ1) is 8.63. The number of carbonyl (C=O) groups is 2. The summed E-state index contributed by atoms with van der Waals surface area (Å²) in [7, 11) is 1.47. The zero-order chi connectivity index (χ0) is 13.4.